The third-order valence-corrected chi connectivity index (χ3v) is 4.71. The first-order chi connectivity index (χ1) is 11.2. The van der Waals surface area contributed by atoms with Crippen LogP contribution in [-0.2, 0) is 11.3 Å². The summed E-state index contributed by atoms with van der Waals surface area (Å²) in [6.45, 7) is 10.3. The van der Waals surface area contributed by atoms with E-state index in [1.54, 1.807) is 0 Å². The highest BCUT2D eigenvalue weighted by Gasteiger charge is 2.30. The molecule has 1 N–H and O–H groups in total. The number of guanidine groups is 1. The van der Waals surface area contributed by atoms with Crippen molar-refractivity contribution in [3.63, 3.8) is 0 Å². The smallest absolute Gasteiger partial charge is 0.214 e. The number of ether oxygens (including phenoxy) is 1. The normalized spacial score (nSPS) is 22.5. The zero-order valence-electron chi connectivity index (χ0n) is 14.7. The Hall–Kier alpha value is -0.870. The Morgan fingerprint density at radius 2 is 2.04 bits per heavy atom. The fraction of sp³-hybridized carbons (Fsp3) is 0.750. The molecule has 24 heavy (non-hydrogen) atoms. The summed E-state index contributed by atoms with van der Waals surface area (Å²) >= 11 is 0. The Bertz CT molecular complexity index is 537. The maximum absolute atomic E-state index is 5.62. The summed E-state index contributed by atoms with van der Waals surface area (Å²) in [5.41, 5.74) is 0.949. The third-order valence-electron chi connectivity index (χ3n) is 4.71. The van der Waals surface area contributed by atoms with Gasteiger partial charge in [-0.3, -0.25) is 9.89 Å². The van der Waals surface area contributed by atoms with Crippen LogP contribution in [0.1, 0.15) is 23.8 Å². The summed E-state index contributed by atoms with van der Waals surface area (Å²) in [5, 5.41) is 3.37. The SMILES string of the molecule is CN=C(NCc1nc(C)c(C)o1)N1CCC(N2CCOCC2)C1.I. The van der Waals surface area contributed by atoms with Crippen molar-refractivity contribution in [2.75, 3.05) is 46.4 Å². The van der Waals surface area contributed by atoms with Gasteiger partial charge in [0.2, 0.25) is 5.89 Å². The van der Waals surface area contributed by atoms with E-state index in [4.69, 9.17) is 9.15 Å². The molecule has 8 heteroatoms. The fourth-order valence-corrected chi connectivity index (χ4v) is 3.28. The van der Waals surface area contributed by atoms with Crippen molar-refractivity contribution in [2.24, 2.45) is 4.99 Å². The molecule has 0 amide bonds. The maximum Gasteiger partial charge on any atom is 0.214 e. The van der Waals surface area contributed by atoms with Gasteiger partial charge < -0.3 is 19.4 Å². The van der Waals surface area contributed by atoms with Gasteiger partial charge in [0, 0.05) is 39.3 Å². The summed E-state index contributed by atoms with van der Waals surface area (Å²) in [7, 11) is 1.83. The monoisotopic (exact) mass is 449 g/mol. The number of aromatic nitrogens is 1. The van der Waals surface area contributed by atoms with Crippen LogP contribution in [0.5, 0.6) is 0 Å². The molecule has 3 heterocycles. The maximum atomic E-state index is 5.62. The average molecular weight is 449 g/mol. The van der Waals surface area contributed by atoms with Crippen molar-refractivity contribution in [3.8, 4) is 0 Å². The first kappa shape index (κ1) is 19.5. The summed E-state index contributed by atoms with van der Waals surface area (Å²) in [6.07, 6.45) is 1.18. The molecule has 7 nitrogen and oxygen atoms in total. The molecule has 0 aromatic carbocycles. The number of aliphatic imine (C=N–C) groups is 1. The van der Waals surface area contributed by atoms with E-state index in [2.05, 4.69) is 25.1 Å². The van der Waals surface area contributed by atoms with Crippen LogP contribution in [0, 0.1) is 13.8 Å². The predicted molar refractivity (Wildman–Crippen MR) is 104 cm³/mol. The number of aryl methyl sites for hydroxylation is 2. The molecule has 0 spiro atoms. The predicted octanol–water partition coefficient (Wildman–Crippen LogP) is 1.39. The minimum atomic E-state index is 0. The first-order valence-electron chi connectivity index (χ1n) is 8.37. The Labute approximate surface area is 160 Å². The lowest BCUT2D eigenvalue weighted by Crippen LogP contribution is -2.46. The van der Waals surface area contributed by atoms with Gasteiger partial charge in [0.25, 0.3) is 0 Å². The summed E-state index contributed by atoms with van der Waals surface area (Å²) in [6, 6.07) is 0.601. The number of hydrogen-bond acceptors (Lipinski definition) is 5. The number of likely N-dealkylation sites (tertiary alicyclic amines) is 1. The van der Waals surface area contributed by atoms with Crippen molar-refractivity contribution in [1.82, 2.24) is 20.1 Å². The average Bonchev–Trinajstić information content (AvgIpc) is 3.17. The van der Waals surface area contributed by atoms with E-state index >= 15 is 0 Å². The minimum Gasteiger partial charge on any atom is -0.444 e. The third kappa shape index (κ3) is 4.60. The van der Waals surface area contributed by atoms with Crippen molar-refractivity contribution < 1.29 is 9.15 Å². The zero-order chi connectivity index (χ0) is 16.2. The Balaban J connectivity index is 0.00000208. The van der Waals surface area contributed by atoms with E-state index < -0.39 is 0 Å². The lowest BCUT2D eigenvalue weighted by atomic mass is 10.2. The van der Waals surface area contributed by atoms with Gasteiger partial charge in [-0.25, -0.2) is 4.98 Å². The van der Waals surface area contributed by atoms with E-state index in [0.29, 0.717) is 18.5 Å². The summed E-state index contributed by atoms with van der Waals surface area (Å²) < 4.78 is 11.1. The number of oxazole rings is 1. The molecule has 2 fully saturated rings. The van der Waals surface area contributed by atoms with E-state index in [9.17, 15) is 0 Å². The van der Waals surface area contributed by atoms with Crippen molar-refractivity contribution in [2.45, 2.75) is 32.9 Å². The first-order valence-corrected chi connectivity index (χ1v) is 8.37. The second-order valence-corrected chi connectivity index (χ2v) is 6.19. The number of morpholine rings is 1. The standard InChI is InChI=1S/C16H27N5O2.HI/c1-12-13(2)23-15(19-12)10-18-16(17-3)21-5-4-14(11-21)20-6-8-22-9-7-20;/h14H,4-11H2,1-3H3,(H,17,18);1H. The van der Waals surface area contributed by atoms with Crippen LogP contribution in [0.4, 0.5) is 0 Å². The molecule has 1 aromatic heterocycles. The molecular formula is C16H28IN5O2. The van der Waals surface area contributed by atoms with Crippen molar-refractivity contribution in [1.29, 1.82) is 0 Å². The van der Waals surface area contributed by atoms with Gasteiger partial charge >= 0.3 is 0 Å². The molecule has 0 radical (unpaired) electrons. The van der Waals surface area contributed by atoms with Gasteiger partial charge in [-0.05, 0) is 20.3 Å². The topological polar surface area (TPSA) is 66.1 Å². The summed E-state index contributed by atoms with van der Waals surface area (Å²) in [4.78, 5) is 13.7. The van der Waals surface area contributed by atoms with Crippen molar-refractivity contribution in [3.05, 3.63) is 17.3 Å². The molecule has 0 bridgehead atoms. The van der Waals surface area contributed by atoms with Crippen LogP contribution in [0.25, 0.3) is 0 Å². The Kier molecular flexibility index (Phi) is 7.30. The van der Waals surface area contributed by atoms with Gasteiger partial charge in [0.1, 0.15) is 5.76 Å². The van der Waals surface area contributed by atoms with E-state index in [-0.39, 0.29) is 24.0 Å². The molecule has 2 saturated heterocycles. The summed E-state index contributed by atoms with van der Waals surface area (Å²) in [5.74, 6) is 2.52. The lowest BCUT2D eigenvalue weighted by Gasteiger charge is -2.32. The molecule has 0 saturated carbocycles. The van der Waals surface area contributed by atoms with Crippen LogP contribution in [0.3, 0.4) is 0 Å². The zero-order valence-corrected chi connectivity index (χ0v) is 17.1. The van der Waals surface area contributed by atoms with Crippen LogP contribution in [0.15, 0.2) is 9.41 Å². The fourth-order valence-electron chi connectivity index (χ4n) is 3.28. The molecule has 2 aliphatic rings. The number of nitrogens with zero attached hydrogens (tertiary/aromatic N) is 4. The minimum absolute atomic E-state index is 0. The molecule has 2 aliphatic heterocycles. The molecular weight excluding hydrogens is 421 g/mol. The van der Waals surface area contributed by atoms with Gasteiger partial charge in [-0.2, -0.15) is 0 Å². The second kappa shape index (κ2) is 9.00. The van der Waals surface area contributed by atoms with Crippen molar-refractivity contribution >= 4 is 29.9 Å². The van der Waals surface area contributed by atoms with E-state index in [1.165, 1.54) is 6.42 Å². The highest BCUT2D eigenvalue weighted by molar-refractivity contribution is 14.0. The Morgan fingerprint density at radius 1 is 1.29 bits per heavy atom. The number of halogens is 1. The van der Waals surface area contributed by atoms with Crippen LogP contribution in [-0.4, -0.2) is 73.2 Å². The number of nitrogens with one attached hydrogen (secondary N) is 1. The van der Waals surface area contributed by atoms with Crippen LogP contribution in [0.2, 0.25) is 0 Å². The molecule has 3 rings (SSSR count). The molecule has 1 unspecified atom stereocenters. The molecule has 136 valence electrons. The number of hydrogen-bond donors (Lipinski definition) is 1. The highest BCUT2D eigenvalue weighted by Crippen LogP contribution is 2.17. The van der Waals surface area contributed by atoms with E-state index in [0.717, 1.165) is 56.8 Å². The molecule has 1 atom stereocenters. The highest BCUT2D eigenvalue weighted by atomic mass is 127. The molecule has 0 aliphatic carbocycles. The van der Waals surface area contributed by atoms with Gasteiger partial charge in [0.05, 0.1) is 25.5 Å². The Morgan fingerprint density at radius 3 is 2.67 bits per heavy atom. The van der Waals surface area contributed by atoms with Gasteiger partial charge in [0.15, 0.2) is 5.96 Å². The quantitative estimate of drug-likeness (QED) is 0.428. The van der Waals surface area contributed by atoms with Crippen LogP contribution < -0.4 is 5.32 Å². The van der Waals surface area contributed by atoms with Gasteiger partial charge in [-0.15, -0.1) is 24.0 Å². The molecule has 1 aromatic rings. The van der Waals surface area contributed by atoms with Crippen LogP contribution >= 0.6 is 24.0 Å². The van der Waals surface area contributed by atoms with E-state index in [1.807, 2.05) is 20.9 Å². The largest absolute Gasteiger partial charge is 0.444 e. The second-order valence-electron chi connectivity index (χ2n) is 6.19. The lowest BCUT2D eigenvalue weighted by molar-refractivity contribution is 0.0195. The van der Waals surface area contributed by atoms with Gasteiger partial charge in [-0.1, -0.05) is 0 Å². The number of rotatable bonds is 3.